The van der Waals surface area contributed by atoms with Gasteiger partial charge in [0.2, 0.25) is 0 Å². The standard InChI is InChI=1S/C18H22FN5O3S/c1-23-11-18(20-12-23)28(25,26)22-14-6-8-24(10-14)7-2-3-16-15-5-4-13(19)9-17(15)27-21-16/h4-5,9,11-12,14,22H,2-3,6-8,10H2,1H3. The van der Waals surface area contributed by atoms with E-state index in [0.717, 1.165) is 43.4 Å². The lowest BCUT2D eigenvalue weighted by molar-refractivity contribution is 0.325. The highest BCUT2D eigenvalue weighted by Crippen LogP contribution is 2.21. The van der Waals surface area contributed by atoms with E-state index in [1.54, 1.807) is 17.7 Å². The summed E-state index contributed by atoms with van der Waals surface area (Å²) in [5.74, 6) is -0.341. The molecule has 10 heteroatoms. The van der Waals surface area contributed by atoms with Gasteiger partial charge in [0.1, 0.15) is 5.82 Å². The Balaban J connectivity index is 1.28. The highest BCUT2D eigenvalue weighted by Gasteiger charge is 2.28. The van der Waals surface area contributed by atoms with Crippen LogP contribution < -0.4 is 4.72 Å². The monoisotopic (exact) mass is 407 g/mol. The average Bonchev–Trinajstić information content (AvgIpc) is 3.36. The van der Waals surface area contributed by atoms with E-state index in [9.17, 15) is 12.8 Å². The molecule has 4 rings (SSSR count). The summed E-state index contributed by atoms with van der Waals surface area (Å²) >= 11 is 0. The molecular weight excluding hydrogens is 385 g/mol. The van der Waals surface area contributed by atoms with Gasteiger partial charge < -0.3 is 14.0 Å². The number of halogens is 1. The maximum Gasteiger partial charge on any atom is 0.259 e. The van der Waals surface area contributed by atoms with E-state index in [1.165, 1.54) is 24.7 Å². The highest BCUT2D eigenvalue weighted by atomic mass is 32.2. The van der Waals surface area contributed by atoms with E-state index in [-0.39, 0.29) is 16.9 Å². The molecule has 3 aromatic rings. The Morgan fingerprint density at radius 3 is 3.04 bits per heavy atom. The van der Waals surface area contributed by atoms with Gasteiger partial charge in [0.25, 0.3) is 10.0 Å². The number of benzene rings is 1. The molecule has 1 N–H and O–H groups in total. The van der Waals surface area contributed by atoms with Gasteiger partial charge in [-0.05, 0) is 44.5 Å². The summed E-state index contributed by atoms with van der Waals surface area (Å²) in [6.07, 6.45) is 5.30. The van der Waals surface area contributed by atoms with E-state index in [4.69, 9.17) is 4.52 Å². The van der Waals surface area contributed by atoms with Crippen LogP contribution in [-0.4, -0.2) is 53.7 Å². The number of imidazole rings is 1. The van der Waals surface area contributed by atoms with Crippen molar-refractivity contribution in [2.75, 3.05) is 19.6 Å². The predicted molar refractivity (Wildman–Crippen MR) is 101 cm³/mol. The van der Waals surface area contributed by atoms with Crippen LogP contribution in [0.1, 0.15) is 18.5 Å². The van der Waals surface area contributed by atoms with Gasteiger partial charge in [0.05, 0.1) is 12.0 Å². The van der Waals surface area contributed by atoms with Gasteiger partial charge in [0.15, 0.2) is 10.6 Å². The number of aromatic nitrogens is 3. The summed E-state index contributed by atoms with van der Waals surface area (Å²) in [5.41, 5.74) is 1.28. The number of nitrogens with one attached hydrogen (secondary N) is 1. The van der Waals surface area contributed by atoms with E-state index in [0.29, 0.717) is 12.1 Å². The molecule has 0 spiro atoms. The number of fused-ring (bicyclic) bond motifs is 1. The number of aryl methyl sites for hydroxylation is 2. The first-order valence-corrected chi connectivity index (χ1v) is 10.7. The summed E-state index contributed by atoms with van der Waals surface area (Å²) < 4.78 is 47.5. The molecule has 8 nitrogen and oxygen atoms in total. The van der Waals surface area contributed by atoms with Crippen molar-refractivity contribution in [2.45, 2.75) is 30.3 Å². The number of hydrogen-bond donors (Lipinski definition) is 1. The second-order valence-electron chi connectivity index (χ2n) is 7.16. The van der Waals surface area contributed by atoms with Crippen LogP contribution in [0.2, 0.25) is 0 Å². The molecule has 1 fully saturated rings. The minimum absolute atomic E-state index is 0.0443. The van der Waals surface area contributed by atoms with Crippen LogP contribution in [0.4, 0.5) is 4.39 Å². The van der Waals surface area contributed by atoms with Crippen LogP contribution in [0, 0.1) is 5.82 Å². The Kier molecular flexibility index (Phi) is 5.17. The van der Waals surface area contributed by atoms with Gasteiger partial charge in [-0.25, -0.2) is 22.5 Å². The van der Waals surface area contributed by atoms with Crippen molar-refractivity contribution < 1.29 is 17.3 Å². The van der Waals surface area contributed by atoms with Crippen molar-refractivity contribution in [3.63, 3.8) is 0 Å². The van der Waals surface area contributed by atoms with Crippen molar-refractivity contribution in [3.8, 4) is 0 Å². The minimum atomic E-state index is -3.59. The van der Waals surface area contributed by atoms with E-state index in [1.807, 2.05) is 0 Å². The Hall–Kier alpha value is -2.30. The molecule has 1 aromatic carbocycles. The smallest absolute Gasteiger partial charge is 0.259 e. The highest BCUT2D eigenvalue weighted by molar-refractivity contribution is 7.89. The fourth-order valence-corrected chi connectivity index (χ4v) is 4.80. The van der Waals surface area contributed by atoms with Crippen LogP contribution >= 0.6 is 0 Å². The third kappa shape index (κ3) is 4.08. The molecule has 28 heavy (non-hydrogen) atoms. The number of sulfonamides is 1. The average molecular weight is 407 g/mol. The molecule has 0 radical (unpaired) electrons. The van der Waals surface area contributed by atoms with Crippen LogP contribution in [0.15, 0.2) is 40.3 Å². The molecule has 0 bridgehead atoms. The summed E-state index contributed by atoms with van der Waals surface area (Å²) in [6, 6.07) is 4.31. The number of rotatable bonds is 7. The third-order valence-electron chi connectivity index (χ3n) is 4.95. The van der Waals surface area contributed by atoms with Gasteiger partial charge in [-0.1, -0.05) is 5.16 Å². The third-order valence-corrected chi connectivity index (χ3v) is 6.35. The van der Waals surface area contributed by atoms with Gasteiger partial charge in [-0.15, -0.1) is 0 Å². The van der Waals surface area contributed by atoms with Gasteiger partial charge in [-0.3, -0.25) is 0 Å². The molecule has 1 atom stereocenters. The van der Waals surface area contributed by atoms with E-state index >= 15 is 0 Å². The lowest BCUT2D eigenvalue weighted by Gasteiger charge is -2.16. The molecule has 1 aliphatic heterocycles. The molecule has 150 valence electrons. The quantitative estimate of drug-likeness (QED) is 0.641. The maximum atomic E-state index is 13.2. The van der Waals surface area contributed by atoms with Gasteiger partial charge in [-0.2, -0.15) is 0 Å². The zero-order valence-corrected chi connectivity index (χ0v) is 16.3. The Morgan fingerprint density at radius 1 is 1.39 bits per heavy atom. The number of hydrogen-bond acceptors (Lipinski definition) is 6. The van der Waals surface area contributed by atoms with Crippen molar-refractivity contribution in [2.24, 2.45) is 7.05 Å². The molecule has 0 saturated carbocycles. The zero-order chi connectivity index (χ0) is 19.7. The molecule has 1 unspecified atom stereocenters. The molecule has 1 aliphatic rings. The van der Waals surface area contributed by atoms with Crippen molar-refractivity contribution in [1.82, 2.24) is 24.3 Å². The predicted octanol–water partition coefficient (Wildman–Crippen LogP) is 1.69. The largest absolute Gasteiger partial charge is 0.356 e. The van der Waals surface area contributed by atoms with Gasteiger partial charge in [0, 0.05) is 37.3 Å². The normalized spacial score (nSPS) is 18.3. The first-order valence-electron chi connectivity index (χ1n) is 9.17. The van der Waals surface area contributed by atoms with Gasteiger partial charge >= 0.3 is 0 Å². The second kappa shape index (κ2) is 7.61. The topological polar surface area (TPSA) is 93.3 Å². The fourth-order valence-electron chi connectivity index (χ4n) is 3.55. The molecular formula is C18H22FN5O3S. The number of nitrogens with zero attached hydrogens (tertiary/aromatic N) is 4. The maximum absolute atomic E-state index is 13.2. The van der Waals surface area contributed by atoms with Crippen LogP contribution in [0.3, 0.4) is 0 Å². The molecule has 3 heterocycles. The van der Waals surface area contributed by atoms with Crippen LogP contribution in [0.5, 0.6) is 0 Å². The summed E-state index contributed by atoms with van der Waals surface area (Å²) in [6.45, 7) is 2.33. The number of likely N-dealkylation sites (tertiary alicyclic amines) is 1. The van der Waals surface area contributed by atoms with Crippen molar-refractivity contribution in [3.05, 3.63) is 42.2 Å². The Morgan fingerprint density at radius 2 is 2.25 bits per heavy atom. The lowest BCUT2D eigenvalue weighted by atomic mass is 10.1. The minimum Gasteiger partial charge on any atom is -0.356 e. The summed E-state index contributed by atoms with van der Waals surface area (Å²) in [4.78, 5) is 6.15. The van der Waals surface area contributed by atoms with Crippen molar-refractivity contribution in [1.29, 1.82) is 0 Å². The Bertz CT molecular complexity index is 1080. The summed E-state index contributed by atoms with van der Waals surface area (Å²) in [5, 5.41) is 4.92. The molecule has 2 aromatic heterocycles. The first-order chi connectivity index (χ1) is 13.4. The summed E-state index contributed by atoms with van der Waals surface area (Å²) in [7, 11) is -1.86. The fraction of sp³-hybridized carbons (Fsp3) is 0.444. The van der Waals surface area contributed by atoms with E-state index in [2.05, 4.69) is 19.8 Å². The van der Waals surface area contributed by atoms with Crippen LogP contribution in [-0.2, 0) is 23.5 Å². The molecule has 0 amide bonds. The van der Waals surface area contributed by atoms with Crippen LogP contribution in [0.25, 0.3) is 11.0 Å². The molecule has 0 aliphatic carbocycles. The SMILES string of the molecule is Cn1cnc(S(=O)(=O)NC2CCN(CCCc3noc4cc(F)ccc34)C2)c1. The Labute approximate surface area is 162 Å². The second-order valence-corrected chi connectivity index (χ2v) is 8.82. The zero-order valence-electron chi connectivity index (χ0n) is 15.5. The lowest BCUT2D eigenvalue weighted by Crippen LogP contribution is -2.37. The van der Waals surface area contributed by atoms with E-state index < -0.39 is 10.0 Å². The first kappa shape index (κ1) is 19.0. The molecule has 1 saturated heterocycles. The van der Waals surface area contributed by atoms with Crippen molar-refractivity contribution >= 4 is 21.0 Å².